The third kappa shape index (κ3) is 3.50. The summed E-state index contributed by atoms with van der Waals surface area (Å²) in [4.78, 5) is 28.1. The van der Waals surface area contributed by atoms with Crippen LogP contribution in [0, 0.1) is 0 Å². The molecule has 7 nitrogen and oxygen atoms in total. The first-order valence-corrected chi connectivity index (χ1v) is 10.0. The molecular formula is C25H18N2O5. The topological polar surface area (TPSA) is 102 Å². The van der Waals surface area contributed by atoms with E-state index in [4.69, 9.17) is 9.15 Å². The van der Waals surface area contributed by atoms with Gasteiger partial charge >= 0.3 is 12.1 Å². The van der Waals surface area contributed by atoms with E-state index >= 15 is 0 Å². The molecule has 0 bridgehead atoms. The van der Waals surface area contributed by atoms with Crippen LogP contribution in [0.2, 0.25) is 0 Å². The lowest BCUT2D eigenvalue weighted by Gasteiger charge is -2.14. The highest BCUT2D eigenvalue weighted by Crippen LogP contribution is 2.44. The highest BCUT2D eigenvalue weighted by molar-refractivity contribution is 5.96. The number of oxazole rings is 1. The Bertz CT molecular complexity index is 1270. The minimum Gasteiger partial charge on any atom is -0.476 e. The number of hydrogen-bond acceptors (Lipinski definition) is 5. The summed E-state index contributed by atoms with van der Waals surface area (Å²) in [5.74, 6) is -1.60. The van der Waals surface area contributed by atoms with Crippen LogP contribution in [0.4, 0.5) is 10.7 Å². The Balaban J connectivity index is 1.34. The van der Waals surface area contributed by atoms with Crippen molar-refractivity contribution in [2.45, 2.75) is 5.92 Å². The second kappa shape index (κ2) is 8.03. The van der Waals surface area contributed by atoms with Crippen molar-refractivity contribution in [1.29, 1.82) is 0 Å². The van der Waals surface area contributed by atoms with Crippen molar-refractivity contribution in [2.75, 3.05) is 11.9 Å². The number of aromatic nitrogens is 1. The van der Waals surface area contributed by atoms with E-state index in [1.165, 1.54) is 0 Å². The van der Waals surface area contributed by atoms with Gasteiger partial charge in [0.1, 0.15) is 6.61 Å². The van der Waals surface area contributed by atoms with Crippen LogP contribution >= 0.6 is 0 Å². The third-order valence-electron chi connectivity index (χ3n) is 5.41. The molecule has 0 spiro atoms. The Morgan fingerprint density at radius 3 is 2.12 bits per heavy atom. The summed E-state index contributed by atoms with van der Waals surface area (Å²) in [6.45, 7) is 0.0992. The molecule has 0 radical (unpaired) electrons. The molecule has 0 atom stereocenters. The number of nitrogens with zero attached hydrogens (tertiary/aromatic N) is 1. The minimum absolute atomic E-state index is 0.0944. The van der Waals surface area contributed by atoms with Crippen LogP contribution in [0.15, 0.2) is 83.3 Å². The summed E-state index contributed by atoms with van der Waals surface area (Å²) in [6, 6.07) is 24.8. The van der Waals surface area contributed by atoms with Gasteiger partial charge in [0.2, 0.25) is 17.5 Å². The molecule has 0 fully saturated rings. The Hall–Kier alpha value is -4.39. The molecule has 1 aromatic heterocycles. The maximum Gasteiger partial charge on any atom is 0.414 e. The molecular weight excluding hydrogens is 408 g/mol. The van der Waals surface area contributed by atoms with E-state index in [0.29, 0.717) is 5.56 Å². The quantitative estimate of drug-likeness (QED) is 0.443. The average molecular weight is 426 g/mol. The zero-order valence-electron chi connectivity index (χ0n) is 16.8. The molecule has 2 N–H and O–H groups in total. The van der Waals surface area contributed by atoms with E-state index in [1.807, 2.05) is 54.6 Å². The number of rotatable bonds is 5. The van der Waals surface area contributed by atoms with Gasteiger partial charge in [0.25, 0.3) is 0 Å². The zero-order chi connectivity index (χ0) is 22.1. The summed E-state index contributed by atoms with van der Waals surface area (Å²) in [6.07, 6.45) is -0.815. The van der Waals surface area contributed by atoms with Crippen molar-refractivity contribution in [3.63, 3.8) is 0 Å². The van der Waals surface area contributed by atoms with Crippen LogP contribution in [-0.4, -0.2) is 28.8 Å². The van der Waals surface area contributed by atoms with Crippen molar-refractivity contribution < 1.29 is 23.8 Å². The van der Waals surface area contributed by atoms with E-state index in [0.717, 1.165) is 22.3 Å². The number of carbonyl (C=O) groups is 2. The van der Waals surface area contributed by atoms with Crippen LogP contribution < -0.4 is 5.32 Å². The van der Waals surface area contributed by atoms with Gasteiger partial charge in [-0.2, -0.15) is 4.98 Å². The molecule has 1 amide bonds. The van der Waals surface area contributed by atoms with Crippen molar-refractivity contribution in [3.8, 4) is 22.6 Å². The largest absolute Gasteiger partial charge is 0.476 e. The highest BCUT2D eigenvalue weighted by atomic mass is 16.6. The van der Waals surface area contributed by atoms with E-state index in [9.17, 15) is 14.7 Å². The molecule has 1 aliphatic carbocycles. The number of hydrogen-bond donors (Lipinski definition) is 2. The van der Waals surface area contributed by atoms with Gasteiger partial charge in [0, 0.05) is 11.5 Å². The molecule has 1 aliphatic rings. The summed E-state index contributed by atoms with van der Waals surface area (Å²) in [7, 11) is 0. The second-order valence-corrected chi connectivity index (χ2v) is 7.32. The van der Waals surface area contributed by atoms with Gasteiger partial charge in [-0.15, -0.1) is 0 Å². The number of carbonyl (C=O) groups excluding carboxylic acids is 1. The fourth-order valence-corrected chi connectivity index (χ4v) is 3.98. The highest BCUT2D eigenvalue weighted by Gasteiger charge is 2.29. The maximum atomic E-state index is 12.5. The Kier molecular flexibility index (Phi) is 4.91. The van der Waals surface area contributed by atoms with Crippen LogP contribution in [0.5, 0.6) is 0 Å². The van der Waals surface area contributed by atoms with Crippen LogP contribution in [0.1, 0.15) is 27.5 Å². The molecule has 4 aromatic rings. The molecule has 0 saturated heterocycles. The first kappa shape index (κ1) is 19.6. The fraction of sp³-hybridized carbons (Fsp3) is 0.0800. The van der Waals surface area contributed by atoms with E-state index in [-0.39, 0.29) is 24.3 Å². The first-order chi connectivity index (χ1) is 15.6. The van der Waals surface area contributed by atoms with E-state index in [2.05, 4.69) is 10.3 Å². The number of benzene rings is 3. The predicted molar refractivity (Wildman–Crippen MR) is 118 cm³/mol. The maximum absolute atomic E-state index is 12.5. The lowest BCUT2D eigenvalue weighted by molar-refractivity contribution is 0.0692. The van der Waals surface area contributed by atoms with Gasteiger partial charge in [-0.05, 0) is 34.4 Å². The molecule has 0 unspecified atom stereocenters. The van der Waals surface area contributed by atoms with Crippen LogP contribution in [-0.2, 0) is 4.74 Å². The second-order valence-electron chi connectivity index (χ2n) is 7.32. The molecule has 32 heavy (non-hydrogen) atoms. The van der Waals surface area contributed by atoms with Gasteiger partial charge in [-0.3, -0.25) is 5.32 Å². The summed E-state index contributed by atoms with van der Waals surface area (Å²) in [5, 5.41) is 11.8. The number of carboxylic acid groups (broad SMARTS) is 1. The smallest absolute Gasteiger partial charge is 0.414 e. The third-order valence-corrected chi connectivity index (χ3v) is 5.41. The van der Waals surface area contributed by atoms with Crippen molar-refractivity contribution in [2.24, 2.45) is 0 Å². The van der Waals surface area contributed by atoms with Crippen LogP contribution in [0.25, 0.3) is 22.6 Å². The molecule has 3 aromatic carbocycles. The SMILES string of the molecule is O=C(Nc1oc(-c2ccccc2)nc1C(=O)O)OCC1c2ccccc2-c2ccccc21. The molecule has 7 heteroatoms. The van der Waals surface area contributed by atoms with Gasteiger partial charge in [-0.25, -0.2) is 9.59 Å². The lowest BCUT2D eigenvalue weighted by Crippen LogP contribution is -2.18. The minimum atomic E-state index is -1.31. The summed E-state index contributed by atoms with van der Waals surface area (Å²) in [5.41, 5.74) is 4.60. The molecule has 1 heterocycles. The number of aromatic carboxylic acids is 1. The molecule has 0 aliphatic heterocycles. The number of amides is 1. The monoisotopic (exact) mass is 426 g/mol. The zero-order valence-corrected chi connectivity index (χ0v) is 16.8. The average Bonchev–Trinajstić information content (AvgIpc) is 3.38. The van der Waals surface area contributed by atoms with Crippen molar-refractivity contribution in [3.05, 3.63) is 95.7 Å². The molecule has 5 rings (SSSR count). The van der Waals surface area contributed by atoms with Gasteiger partial charge in [-0.1, -0.05) is 66.7 Å². The number of carboxylic acids is 1. The predicted octanol–water partition coefficient (Wildman–Crippen LogP) is 5.40. The Morgan fingerprint density at radius 1 is 0.906 bits per heavy atom. The normalized spacial score (nSPS) is 12.1. The summed E-state index contributed by atoms with van der Waals surface area (Å²) < 4.78 is 11.0. The Morgan fingerprint density at radius 2 is 1.50 bits per heavy atom. The number of nitrogens with one attached hydrogen (secondary N) is 1. The lowest BCUT2D eigenvalue weighted by atomic mass is 9.98. The van der Waals surface area contributed by atoms with Crippen molar-refractivity contribution >= 4 is 17.9 Å². The molecule has 158 valence electrons. The van der Waals surface area contributed by atoms with Gasteiger partial charge in [0.15, 0.2) is 0 Å². The van der Waals surface area contributed by atoms with E-state index in [1.54, 1.807) is 24.3 Å². The van der Waals surface area contributed by atoms with Crippen LogP contribution in [0.3, 0.4) is 0 Å². The number of ether oxygens (including phenoxy) is 1. The van der Waals surface area contributed by atoms with E-state index < -0.39 is 17.8 Å². The standard InChI is InChI=1S/C25H18N2O5/c28-24(29)21-23(32-22(26-21)15-8-2-1-3-9-15)27-25(30)31-14-20-18-12-6-4-10-16(18)17-11-5-7-13-19(17)20/h1-13,20H,14H2,(H,27,30)(H,28,29). The number of fused-ring (bicyclic) bond motifs is 3. The van der Waals surface area contributed by atoms with Crippen molar-refractivity contribution in [1.82, 2.24) is 4.98 Å². The Labute approximate surface area is 183 Å². The molecule has 0 saturated carbocycles. The van der Waals surface area contributed by atoms with Gasteiger partial charge in [0.05, 0.1) is 0 Å². The van der Waals surface area contributed by atoms with Gasteiger partial charge < -0.3 is 14.3 Å². The number of anilines is 1. The fourth-order valence-electron chi connectivity index (χ4n) is 3.98. The first-order valence-electron chi connectivity index (χ1n) is 10.0. The summed E-state index contributed by atoms with van der Waals surface area (Å²) >= 11 is 0.